The van der Waals surface area contributed by atoms with Gasteiger partial charge in [-0.25, -0.2) is 9.97 Å². The average Bonchev–Trinajstić information content (AvgIpc) is 2.64. The summed E-state index contributed by atoms with van der Waals surface area (Å²) in [5.74, 6) is 1.12. The number of anilines is 1. The van der Waals surface area contributed by atoms with Crippen molar-refractivity contribution < 1.29 is 14.4 Å². The number of hydrogen-bond acceptors (Lipinski definition) is 6. The number of hydrogen-bond donors (Lipinski definition) is 2. The summed E-state index contributed by atoms with van der Waals surface area (Å²) in [4.78, 5) is 8.91. The van der Waals surface area contributed by atoms with E-state index in [9.17, 15) is 9.67 Å². The largest absolute Gasteiger partial charge is 0.504 e. The molecule has 2 aromatic rings. The third-order valence-electron chi connectivity index (χ3n) is 5.47. The lowest BCUT2D eigenvalue weighted by Crippen LogP contribution is -2.20. The van der Waals surface area contributed by atoms with E-state index in [1.165, 1.54) is 7.11 Å². The number of aromatic hydroxyl groups is 1. The molecule has 1 aliphatic heterocycles. The van der Waals surface area contributed by atoms with Crippen molar-refractivity contribution in [3.63, 3.8) is 0 Å². The number of benzene rings is 1. The highest BCUT2D eigenvalue weighted by atomic mass is 31.2. The summed E-state index contributed by atoms with van der Waals surface area (Å²) in [6, 6.07) is 5.69. The van der Waals surface area contributed by atoms with Crippen LogP contribution in [0.4, 0.5) is 5.95 Å². The van der Waals surface area contributed by atoms with Crippen LogP contribution in [-0.4, -0.2) is 41.1 Å². The third-order valence-corrected chi connectivity index (χ3v) is 9.23. The standard InChI is InChI=1S/C21H30N3O3P/c1-14-10-17(12-18(27-4)20(14)25)19(28(26)8-6-5-7-9-28)13-22-21-23-15(2)11-16(3)24-21/h10-12,19,25H,5-9,13H2,1-4H3,(H,22,23,24). The normalized spacial score (nSPS) is 17.1. The smallest absolute Gasteiger partial charge is 0.223 e. The van der Waals surface area contributed by atoms with E-state index in [1.54, 1.807) is 0 Å². The molecule has 2 heterocycles. The van der Waals surface area contributed by atoms with Gasteiger partial charge in [-0.1, -0.05) is 12.5 Å². The van der Waals surface area contributed by atoms with Gasteiger partial charge in [-0.2, -0.15) is 0 Å². The molecule has 28 heavy (non-hydrogen) atoms. The fraction of sp³-hybridized carbons (Fsp3) is 0.524. The predicted octanol–water partition coefficient (Wildman–Crippen LogP) is 4.82. The number of aryl methyl sites for hydroxylation is 3. The SMILES string of the molecule is COc1cc(C(CNc2nc(C)cc(C)n2)P2(=O)CCCCC2)cc(C)c1O. The monoisotopic (exact) mass is 403 g/mol. The molecule has 0 amide bonds. The van der Waals surface area contributed by atoms with Crippen LogP contribution in [0.5, 0.6) is 11.5 Å². The van der Waals surface area contributed by atoms with Crippen molar-refractivity contribution in [2.24, 2.45) is 0 Å². The average molecular weight is 403 g/mol. The van der Waals surface area contributed by atoms with Crippen LogP contribution in [-0.2, 0) is 4.57 Å². The number of phenolic OH excluding ortho intramolecular Hbond substituents is 1. The maximum Gasteiger partial charge on any atom is 0.223 e. The highest BCUT2D eigenvalue weighted by molar-refractivity contribution is 7.64. The van der Waals surface area contributed by atoms with Gasteiger partial charge in [0.25, 0.3) is 0 Å². The molecule has 7 heteroatoms. The first-order chi connectivity index (χ1) is 13.3. The summed E-state index contributed by atoms with van der Waals surface area (Å²) >= 11 is 0. The van der Waals surface area contributed by atoms with Gasteiger partial charge in [0, 0.05) is 30.3 Å². The van der Waals surface area contributed by atoms with Gasteiger partial charge in [-0.3, -0.25) is 0 Å². The first kappa shape index (κ1) is 20.7. The van der Waals surface area contributed by atoms with Crippen LogP contribution in [0.2, 0.25) is 0 Å². The maximum absolute atomic E-state index is 13.9. The van der Waals surface area contributed by atoms with E-state index in [1.807, 2.05) is 39.0 Å². The molecule has 0 radical (unpaired) electrons. The van der Waals surface area contributed by atoms with Gasteiger partial charge in [0.1, 0.15) is 0 Å². The van der Waals surface area contributed by atoms with Gasteiger partial charge in [0.05, 0.1) is 19.9 Å². The Bertz CT molecular complexity index is 870. The Labute approximate surface area is 167 Å². The van der Waals surface area contributed by atoms with Crippen molar-refractivity contribution in [3.8, 4) is 11.5 Å². The van der Waals surface area contributed by atoms with Crippen molar-refractivity contribution in [1.82, 2.24) is 9.97 Å². The first-order valence-corrected chi connectivity index (χ1v) is 12.0. The van der Waals surface area contributed by atoms with E-state index >= 15 is 0 Å². The molecule has 1 saturated heterocycles. The highest BCUT2D eigenvalue weighted by Crippen LogP contribution is 2.62. The molecule has 3 rings (SSSR count). The topological polar surface area (TPSA) is 84.3 Å². The molecule has 0 bridgehead atoms. The van der Waals surface area contributed by atoms with Crippen molar-refractivity contribution >= 4 is 13.1 Å². The van der Waals surface area contributed by atoms with Gasteiger partial charge in [-0.05, 0) is 56.9 Å². The maximum atomic E-state index is 13.9. The molecule has 1 aromatic heterocycles. The van der Waals surface area contributed by atoms with E-state index < -0.39 is 7.14 Å². The quantitative estimate of drug-likeness (QED) is 0.673. The Kier molecular flexibility index (Phi) is 6.29. The van der Waals surface area contributed by atoms with Crippen LogP contribution in [0.15, 0.2) is 18.2 Å². The molecule has 2 N–H and O–H groups in total. The van der Waals surface area contributed by atoms with Crippen molar-refractivity contribution in [1.29, 1.82) is 0 Å². The molecule has 1 atom stereocenters. The van der Waals surface area contributed by atoms with E-state index in [0.29, 0.717) is 18.2 Å². The first-order valence-electron chi connectivity index (χ1n) is 9.84. The second kappa shape index (κ2) is 8.52. The van der Waals surface area contributed by atoms with Crippen LogP contribution >= 0.6 is 7.14 Å². The molecular weight excluding hydrogens is 373 g/mol. The van der Waals surface area contributed by atoms with Gasteiger partial charge >= 0.3 is 0 Å². The summed E-state index contributed by atoms with van der Waals surface area (Å²) in [6.07, 6.45) is 4.66. The van der Waals surface area contributed by atoms with E-state index in [4.69, 9.17) is 4.74 Å². The molecule has 1 fully saturated rings. The van der Waals surface area contributed by atoms with Gasteiger partial charge in [0.2, 0.25) is 5.95 Å². The van der Waals surface area contributed by atoms with Crippen molar-refractivity contribution in [2.75, 3.05) is 31.3 Å². The fourth-order valence-corrected chi connectivity index (χ4v) is 7.51. The number of nitrogens with zero attached hydrogens (tertiary/aromatic N) is 2. The Hall–Kier alpha value is -2.07. The Balaban J connectivity index is 1.96. The molecular formula is C21H30N3O3P. The fourth-order valence-electron chi connectivity index (χ4n) is 4.03. The lowest BCUT2D eigenvalue weighted by molar-refractivity contribution is 0.371. The minimum absolute atomic E-state index is 0.137. The summed E-state index contributed by atoms with van der Waals surface area (Å²) in [6.45, 7) is 6.22. The molecule has 6 nitrogen and oxygen atoms in total. The van der Waals surface area contributed by atoms with Crippen molar-refractivity contribution in [2.45, 2.75) is 45.7 Å². The summed E-state index contributed by atoms with van der Waals surface area (Å²) in [5, 5.41) is 13.5. The van der Waals surface area contributed by atoms with Crippen LogP contribution in [0.1, 0.15) is 47.4 Å². The number of aromatic nitrogens is 2. The second-order valence-electron chi connectivity index (χ2n) is 7.72. The van der Waals surface area contributed by atoms with Crippen LogP contribution in [0.3, 0.4) is 0 Å². The zero-order valence-corrected chi connectivity index (χ0v) is 18.1. The summed E-state index contributed by atoms with van der Waals surface area (Å²) < 4.78 is 19.2. The van der Waals surface area contributed by atoms with E-state index in [-0.39, 0.29) is 11.4 Å². The molecule has 1 aromatic carbocycles. The van der Waals surface area contributed by atoms with Crippen molar-refractivity contribution in [3.05, 3.63) is 40.7 Å². The molecule has 1 aliphatic rings. The Morgan fingerprint density at radius 2 is 1.75 bits per heavy atom. The number of rotatable bonds is 6. The lowest BCUT2D eigenvalue weighted by atomic mass is 10.1. The molecule has 0 saturated carbocycles. The molecule has 0 spiro atoms. The van der Waals surface area contributed by atoms with Crippen LogP contribution in [0.25, 0.3) is 0 Å². The molecule has 1 unspecified atom stereocenters. The summed E-state index contributed by atoms with van der Waals surface area (Å²) in [5.41, 5.74) is 3.31. The lowest BCUT2D eigenvalue weighted by Gasteiger charge is -2.32. The minimum atomic E-state index is -2.43. The number of methoxy groups -OCH3 is 1. The highest BCUT2D eigenvalue weighted by Gasteiger charge is 2.36. The van der Waals surface area contributed by atoms with Crippen LogP contribution in [0, 0.1) is 20.8 Å². The van der Waals surface area contributed by atoms with Gasteiger partial charge in [-0.15, -0.1) is 0 Å². The van der Waals surface area contributed by atoms with Gasteiger partial charge < -0.3 is 19.7 Å². The summed E-state index contributed by atoms with van der Waals surface area (Å²) in [7, 11) is -0.887. The molecule has 0 aliphatic carbocycles. The predicted molar refractivity (Wildman–Crippen MR) is 113 cm³/mol. The number of phenols is 1. The van der Waals surface area contributed by atoms with Gasteiger partial charge in [0.15, 0.2) is 11.5 Å². The Morgan fingerprint density at radius 1 is 1.11 bits per heavy atom. The zero-order valence-electron chi connectivity index (χ0n) is 17.2. The zero-order chi connectivity index (χ0) is 20.3. The number of ether oxygens (including phenoxy) is 1. The number of nitrogens with one attached hydrogen (secondary N) is 1. The van der Waals surface area contributed by atoms with E-state index in [0.717, 1.165) is 54.1 Å². The Morgan fingerprint density at radius 3 is 2.36 bits per heavy atom. The molecule has 152 valence electrons. The van der Waals surface area contributed by atoms with E-state index in [2.05, 4.69) is 15.3 Å². The van der Waals surface area contributed by atoms with Crippen LogP contribution < -0.4 is 10.1 Å². The second-order valence-corrected chi connectivity index (χ2v) is 11.1. The minimum Gasteiger partial charge on any atom is -0.504 e. The third kappa shape index (κ3) is 4.49.